The van der Waals surface area contributed by atoms with Gasteiger partial charge < -0.3 is 10.1 Å². The summed E-state index contributed by atoms with van der Waals surface area (Å²) in [5.74, 6) is -1.38. The quantitative estimate of drug-likeness (QED) is 0.770. The van der Waals surface area contributed by atoms with E-state index in [4.69, 9.17) is 4.74 Å². The van der Waals surface area contributed by atoms with Crippen molar-refractivity contribution in [2.75, 3.05) is 26.2 Å². The van der Waals surface area contributed by atoms with E-state index in [1.165, 1.54) is 0 Å². The monoisotopic (exact) mass is 317 g/mol. The minimum absolute atomic E-state index is 0.0995. The third-order valence-electron chi connectivity index (χ3n) is 3.04. The SMILES string of the molecule is CCOC(=O)C1CNCCN1S(=O)(=O)c1cncc(F)c1. The second kappa shape index (κ2) is 6.46. The van der Waals surface area contributed by atoms with Crippen molar-refractivity contribution >= 4 is 16.0 Å². The van der Waals surface area contributed by atoms with Gasteiger partial charge in [-0.2, -0.15) is 4.31 Å². The summed E-state index contributed by atoms with van der Waals surface area (Å²) in [5.41, 5.74) is 0. The maximum Gasteiger partial charge on any atom is 0.325 e. The van der Waals surface area contributed by atoms with Gasteiger partial charge in [0.15, 0.2) is 0 Å². The lowest BCUT2D eigenvalue weighted by atomic mass is 10.2. The number of pyridine rings is 1. The van der Waals surface area contributed by atoms with Crippen LogP contribution < -0.4 is 5.32 Å². The van der Waals surface area contributed by atoms with Gasteiger partial charge in [-0.3, -0.25) is 9.78 Å². The van der Waals surface area contributed by atoms with Gasteiger partial charge in [-0.05, 0) is 13.0 Å². The fourth-order valence-corrected chi connectivity index (χ4v) is 3.64. The Labute approximate surface area is 122 Å². The van der Waals surface area contributed by atoms with Gasteiger partial charge in [-0.25, -0.2) is 12.8 Å². The van der Waals surface area contributed by atoms with Crippen molar-refractivity contribution in [3.05, 3.63) is 24.3 Å². The maximum atomic E-state index is 13.2. The summed E-state index contributed by atoms with van der Waals surface area (Å²) >= 11 is 0. The lowest BCUT2D eigenvalue weighted by Crippen LogP contribution is -2.57. The van der Waals surface area contributed by atoms with Crippen molar-refractivity contribution in [2.45, 2.75) is 17.9 Å². The molecule has 7 nitrogen and oxygen atoms in total. The number of esters is 1. The standard InChI is InChI=1S/C12H16FN3O4S/c1-2-20-12(17)11-8-14-3-4-16(11)21(18,19)10-5-9(13)6-15-7-10/h5-7,11,14H,2-4,8H2,1H3. The molecule has 1 aromatic rings. The van der Waals surface area contributed by atoms with Crippen LogP contribution in [0.3, 0.4) is 0 Å². The van der Waals surface area contributed by atoms with Crippen molar-refractivity contribution in [1.82, 2.24) is 14.6 Å². The number of aromatic nitrogens is 1. The van der Waals surface area contributed by atoms with E-state index in [0.717, 1.165) is 22.8 Å². The van der Waals surface area contributed by atoms with Crippen LogP contribution >= 0.6 is 0 Å². The predicted molar refractivity (Wildman–Crippen MR) is 71.4 cm³/mol. The number of halogens is 1. The highest BCUT2D eigenvalue weighted by Crippen LogP contribution is 2.20. The number of rotatable bonds is 4. The van der Waals surface area contributed by atoms with Gasteiger partial charge in [0.2, 0.25) is 10.0 Å². The van der Waals surface area contributed by atoms with Gasteiger partial charge in [-0.15, -0.1) is 0 Å². The van der Waals surface area contributed by atoms with Crippen molar-refractivity contribution in [3.63, 3.8) is 0 Å². The van der Waals surface area contributed by atoms with Gasteiger partial charge in [0.05, 0.1) is 12.8 Å². The minimum atomic E-state index is -4.01. The fraction of sp³-hybridized carbons (Fsp3) is 0.500. The molecule has 1 unspecified atom stereocenters. The molecule has 0 radical (unpaired) electrons. The molecule has 116 valence electrons. The zero-order valence-corrected chi connectivity index (χ0v) is 12.3. The summed E-state index contributed by atoms with van der Waals surface area (Å²) in [6.45, 7) is 2.45. The summed E-state index contributed by atoms with van der Waals surface area (Å²) in [6, 6.07) is -0.0842. The summed E-state index contributed by atoms with van der Waals surface area (Å²) in [4.78, 5) is 15.2. The van der Waals surface area contributed by atoms with Gasteiger partial charge in [0.1, 0.15) is 16.8 Å². The van der Waals surface area contributed by atoms with Crippen LogP contribution in [-0.4, -0.2) is 56.0 Å². The summed E-state index contributed by atoms with van der Waals surface area (Å²) in [6.07, 6.45) is 1.97. The number of hydrogen-bond donors (Lipinski definition) is 1. The third kappa shape index (κ3) is 3.36. The van der Waals surface area contributed by atoms with Gasteiger partial charge in [0, 0.05) is 25.8 Å². The molecule has 1 atom stereocenters. The van der Waals surface area contributed by atoms with Crippen LogP contribution in [0.5, 0.6) is 0 Å². The van der Waals surface area contributed by atoms with Crippen LogP contribution in [0, 0.1) is 5.82 Å². The van der Waals surface area contributed by atoms with E-state index in [9.17, 15) is 17.6 Å². The van der Waals surface area contributed by atoms with Gasteiger partial charge >= 0.3 is 5.97 Å². The molecule has 2 heterocycles. The highest BCUT2D eigenvalue weighted by molar-refractivity contribution is 7.89. The van der Waals surface area contributed by atoms with Crippen LogP contribution in [0.4, 0.5) is 4.39 Å². The zero-order chi connectivity index (χ0) is 15.5. The molecule has 0 aliphatic carbocycles. The fourth-order valence-electron chi connectivity index (χ4n) is 2.08. The molecular formula is C12H16FN3O4S. The average Bonchev–Trinajstić information content (AvgIpc) is 2.47. The van der Waals surface area contributed by atoms with Crippen molar-refractivity contribution < 1.29 is 22.3 Å². The predicted octanol–water partition coefficient (Wildman–Crippen LogP) is -0.254. The molecule has 0 saturated carbocycles. The number of hydrogen-bond acceptors (Lipinski definition) is 6. The highest BCUT2D eigenvalue weighted by Gasteiger charge is 2.38. The molecule has 1 N–H and O–H groups in total. The maximum absolute atomic E-state index is 13.2. The third-order valence-corrected chi connectivity index (χ3v) is 4.91. The molecule has 1 aromatic heterocycles. The first-order valence-corrected chi connectivity index (χ1v) is 7.90. The Bertz CT molecular complexity index is 623. The molecule has 9 heteroatoms. The minimum Gasteiger partial charge on any atom is -0.465 e. The summed E-state index contributed by atoms with van der Waals surface area (Å²) in [5, 5.41) is 2.94. The van der Waals surface area contributed by atoms with Crippen molar-refractivity contribution in [1.29, 1.82) is 0 Å². The molecule has 1 aliphatic rings. The lowest BCUT2D eigenvalue weighted by molar-refractivity contribution is -0.148. The Morgan fingerprint density at radius 2 is 2.33 bits per heavy atom. The Morgan fingerprint density at radius 3 is 3.00 bits per heavy atom. The van der Waals surface area contributed by atoms with E-state index in [0.29, 0.717) is 6.54 Å². The first-order chi connectivity index (χ1) is 9.96. The van der Waals surface area contributed by atoms with Gasteiger partial charge in [0.25, 0.3) is 0 Å². The molecule has 0 aromatic carbocycles. The number of nitrogens with zero attached hydrogens (tertiary/aromatic N) is 2. The van der Waals surface area contributed by atoms with E-state index >= 15 is 0 Å². The second-order valence-electron chi connectivity index (χ2n) is 4.43. The molecule has 21 heavy (non-hydrogen) atoms. The smallest absolute Gasteiger partial charge is 0.325 e. The van der Waals surface area contributed by atoms with Gasteiger partial charge in [-0.1, -0.05) is 0 Å². The van der Waals surface area contributed by atoms with E-state index in [2.05, 4.69) is 10.3 Å². The molecule has 0 bridgehead atoms. The van der Waals surface area contributed by atoms with E-state index in [1.54, 1.807) is 6.92 Å². The topological polar surface area (TPSA) is 88.6 Å². The second-order valence-corrected chi connectivity index (χ2v) is 6.32. The molecular weight excluding hydrogens is 301 g/mol. The Kier molecular flexibility index (Phi) is 4.86. The normalized spacial score (nSPS) is 20.2. The van der Waals surface area contributed by atoms with Crippen LogP contribution in [0.25, 0.3) is 0 Å². The van der Waals surface area contributed by atoms with E-state index in [1.807, 2.05) is 0 Å². The molecule has 1 fully saturated rings. The van der Waals surface area contributed by atoms with Crippen LogP contribution in [0.15, 0.2) is 23.4 Å². The van der Waals surface area contributed by atoms with E-state index in [-0.39, 0.29) is 24.6 Å². The molecule has 1 saturated heterocycles. The summed E-state index contributed by atoms with van der Waals surface area (Å²) < 4.78 is 44.2. The number of nitrogens with one attached hydrogen (secondary N) is 1. The Balaban J connectivity index is 2.34. The van der Waals surface area contributed by atoms with Crippen LogP contribution in [0.2, 0.25) is 0 Å². The molecule has 2 rings (SSSR count). The van der Waals surface area contributed by atoms with Crippen molar-refractivity contribution in [2.24, 2.45) is 0 Å². The average molecular weight is 317 g/mol. The van der Waals surface area contributed by atoms with Crippen molar-refractivity contribution in [3.8, 4) is 0 Å². The number of carbonyl (C=O) groups is 1. The van der Waals surface area contributed by atoms with Crippen LogP contribution in [-0.2, 0) is 19.6 Å². The zero-order valence-electron chi connectivity index (χ0n) is 11.5. The number of sulfonamides is 1. The summed E-state index contributed by atoms with van der Waals surface area (Å²) in [7, 11) is -4.01. The number of ether oxygens (including phenoxy) is 1. The Morgan fingerprint density at radius 1 is 1.57 bits per heavy atom. The van der Waals surface area contributed by atoms with E-state index < -0.39 is 27.9 Å². The number of carbonyl (C=O) groups excluding carboxylic acids is 1. The largest absolute Gasteiger partial charge is 0.465 e. The first-order valence-electron chi connectivity index (χ1n) is 6.46. The molecule has 0 spiro atoms. The first kappa shape index (κ1) is 15.8. The highest BCUT2D eigenvalue weighted by atomic mass is 32.2. The number of piperazine rings is 1. The Hall–Kier alpha value is -1.58. The lowest BCUT2D eigenvalue weighted by Gasteiger charge is -2.33. The molecule has 0 amide bonds. The van der Waals surface area contributed by atoms with Crippen LogP contribution in [0.1, 0.15) is 6.92 Å². The molecule has 1 aliphatic heterocycles.